The Labute approximate surface area is 184 Å². The number of aryl methyl sites for hydroxylation is 1. The van der Waals surface area contributed by atoms with Gasteiger partial charge < -0.3 is 9.30 Å². The minimum Gasteiger partial charge on any atom is -0.454 e. The molecule has 1 N–H and O–H groups in total. The van der Waals surface area contributed by atoms with Gasteiger partial charge in [-0.2, -0.15) is 0 Å². The number of fused-ring (bicyclic) bond motifs is 1. The zero-order valence-electron chi connectivity index (χ0n) is 17.1. The van der Waals surface area contributed by atoms with E-state index in [0.717, 1.165) is 15.8 Å². The highest BCUT2D eigenvalue weighted by Gasteiger charge is 2.17. The number of aromatic nitrogens is 5. The lowest BCUT2D eigenvalue weighted by Gasteiger charge is -2.07. The summed E-state index contributed by atoms with van der Waals surface area (Å²) in [5.41, 5.74) is 0.792. The number of hydrogen-bond donors (Lipinski definition) is 1. The summed E-state index contributed by atoms with van der Waals surface area (Å²) >= 11 is 1.26. The summed E-state index contributed by atoms with van der Waals surface area (Å²) in [7, 11) is 2.82. The Balaban J connectivity index is 1.38. The molecule has 1 amide bonds. The number of anilines is 1. The van der Waals surface area contributed by atoms with E-state index < -0.39 is 29.7 Å². The second-order valence-electron chi connectivity index (χ2n) is 6.86. The molecule has 12 heteroatoms. The van der Waals surface area contributed by atoms with Gasteiger partial charge in [-0.15, -0.1) is 11.3 Å². The van der Waals surface area contributed by atoms with Gasteiger partial charge in [-0.1, -0.05) is 30.3 Å². The van der Waals surface area contributed by atoms with E-state index in [9.17, 15) is 19.2 Å². The first-order chi connectivity index (χ1) is 15.3. The molecule has 3 aromatic heterocycles. The van der Waals surface area contributed by atoms with Crippen LogP contribution in [0, 0.1) is 0 Å². The standard InChI is InChI=1S/C20H18N6O5S/c1-24-17-16(18(29)25(2)20(24)30)26(11-21-17)8-15(28)31-9-14(27)23-19-22-13(10-32-19)12-6-4-3-5-7-12/h3-7,10-11H,8-9H2,1-2H3,(H,22,23,27). The third kappa shape index (κ3) is 4.07. The average molecular weight is 454 g/mol. The maximum atomic E-state index is 12.4. The first-order valence-electron chi connectivity index (χ1n) is 9.42. The smallest absolute Gasteiger partial charge is 0.332 e. The quantitative estimate of drug-likeness (QED) is 0.425. The minimum atomic E-state index is -0.737. The summed E-state index contributed by atoms with van der Waals surface area (Å²) < 4.78 is 8.44. The number of benzene rings is 1. The highest BCUT2D eigenvalue weighted by molar-refractivity contribution is 7.14. The van der Waals surface area contributed by atoms with Gasteiger partial charge in [0.2, 0.25) is 0 Å². The fourth-order valence-electron chi connectivity index (χ4n) is 3.08. The van der Waals surface area contributed by atoms with Crippen LogP contribution in [0.1, 0.15) is 0 Å². The molecule has 0 radical (unpaired) electrons. The van der Waals surface area contributed by atoms with E-state index in [1.165, 1.54) is 40.9 Å². The lowest BCUT2D eigenvalue weighted by molar-refractivity contribution is -0.147. The van der Waals surface area contributed by atoms with Crippen molar-refractivity contribution in [1.29, 1.82) is 0 Å². The molecule has 0 atom stereocenters. The van der Waals surface area contributed by atoms with Crippen molar-refractivity contribution < 1.29 is 14.3 Å². The van der Waals surface area contributed by atoms with Gasteiger partial charge in [-0.05, 0) is 0 Å². The van der Waals surface area contributed by atoms with Crippen molar-refractivity contribution in [1.82, 2.24) is 23.7 Å². The molecule has 1 aromatic carbocycles. The van der Waals surface area contributed by atoms with E-state index in [-0.39, 0.29) is 17.7 Å². The van der Waals surface area contributed by atoms with Gasteiger partial charge in [0.1, 0.15) is 6.54 Å². The van der Waals surface area contributed by atoms with Crippen molar-refractivity contribution in [2.24, 2.45) is 14.1 Å². The Hall–Kier alpha value is -4.06. The molecular weight excluding hydrogens is 436 g/mol. The van der Waals surface area contributed by atoms with Crippen LogP contribution in [0.3, 0.4) is 0 Å². The predicted molar refractivity (Wildman–Crippen MR) is 117 cm³/mol. The van der Waals surface area contributed by atoms with Crippen LogP contribution in [0.15, 0.2) is 51.6 Å². The molecule has 4 rings (SSSR count). The molecule has 11 nitrogen and oxygen atoms in total. The van der Waals surface area contributed by atoms with Crippen LogP contribution in [0.2, 0.25) is 0 Å². The number of ether oxygens (including phenoxy) is 1. The van der Waals surface area contributed by atoms with Crippen molar-refractivity contribution >= 4 is 39.5 Å². The molecule has 0 saturated heterocycles. The van der Waals surface area contributed by atoms with E-state index in [0.29, 0.717) is 5.13 Å². The number of nitrogens with zero attached hydrogens (tertiary/aromatic N) is 5. The Kier molecular flexibility index (Phi) is 5.69. The Morgan fingerprint density at radius 3 is 2.62 bits per heavy atom. The first-order valence-corrected chi connectivity index (χ1v) is 10.3. The molecule has 3 heterocycles. The molecule has 4 aromatic rings. The van der Waals surface area contributed by atoms with Gasteiger partial charge >= 0.3 is 11.7 Å². The molecule has 164 valence electrons. The van der Waals surface area contributed by atoms with Gasteiger partial charge in [-0.25, -0.2) is 14.8 Å². The number of nitrogens with one attached hydrogen (secondary N) is 1. The highest BCUT2D eigenvalue weighted by Crippen LogP contribution is 2.24. The second-order valence-corrected chi connectivity index (χ2v) is 7.72. The van der Waals surface area contributed by atoms with E-state index in [2.05, 4.69) is 15.3 Å². The summed E-state index contributed by atoms with van der Waals surface area (Å²) in [5, 5.41) is 4.79. The van der Waals surface area contributed by atoms with Crippen molar-refractivity contribution in [3.8, 4) is 11.3 Å². The predicted octanol–water partition coefficient (Wildman–Crippen LogP) is 0.739. The van der Waals surface area contributed by atoms with Crippen LogP contribution < -0.4 is 16.6 Å². The molecule has 0 aliphatic heterocycles. The van der Waals surface area contributed by atoms with Gasteiger partial charge in [0, 0.05) is 25.0 Å². The van der Waals surface area contributed by atoms with Crippen molar-refractivity contribution in [3.05, 3.63) is 62.9 Å². The number of imidazole rings is 1. The fourth-order valence-corrected chi connectivity index (χ4v) is 3.81. The molecule has 0 saturated carbocycles. The molecule has 0 bridgehead atoms. The number of amides is 1. The van der Waals surface area contributed by atoms with Crippen molar-refractivity contribution in [3.63, 3.8) is 0 Å². The van der Waals surface area contributed by atoms with E-state index in [4.69, 9.17) is 4.74 Å². The maximum absolute atomic E-state index is 12.4. The van der Waals surface area contributed by atoms with Crippen LogP contribution in [0.4, 0.5) is 5.13 Å². The SMILES string of the molecule is Cn1c(=O)c2c(ncn2CC(=O)OCC(=O)Nc2nc(-c3ccccc3)cs2)n(C)c1=O. The van der Waals surface area contributed by atoms with E-state index >= 15 is 0 Å². The number of esters is 1. The van der Waals surface area contributed by atoms with Gasteiger partial charge in [-0.3, -0.25) is 28.8 Å². The van der Waals surface area contributed by atoms with Crippen LogP contribution in [0.25, 0.3) is 22.4 Å². The molecular formula is C20H18N6O5S. The molecule has 0 spiro atoms. The number of carbonyl (C=O) groups excluding carboxylic acids is 2. The third-order valence-corrected chi connectivity index (χ3v) is 5.46. The van der Waals surface area contributed by atoms with Crippen LogP contribution >= 0.6 is 11.3 Å². The second kappa shape index (κ2) is 8.59. The minimum absolute atomic E-state index is 0.0900. The van der Waals surface area contributed by atoms with Crippen LogP contribution in [-0.2, 0) is 35.0 Å². The zero-order chi connectivity index (χ0) is 22.8. The summed E-state index contributed by atoms with van der Waals surface area (Å²) in [6.45, 7) is -0.852. The zero-order valence-corrected chi connectivity index (χ0v) is 18.0. The highest BCUT2D eigenvalue weighted by atomic mass is 32.1. The lowest BCUT2D eigenvalue weighted by atomic mass is 10.2. The molecule has 0 unspecified atom stereocenters. The van der Waals surface area contributed by atoms with Gasteiger partial charge in [0.25, 0.3) is 11.5 Å². The van der Waals surface area contributed by atoms with E-state index in [1.54, 1.807) is 0 Å². The van der Waals surface area contributed by atoms with Crippen LogP contribution in [-0.4, -0.2) is 42.2 Å². The summed E-state index contributed by atoms with van der Waals surface area (Å²) in [5.74, 6) is -1.28. The molecule has 32 heavy (non-hydrogen) atoms. The number of rotatable bonds is 6. The number of carbonyl (C=O) groups is 2. The number of thiazole rings is 1. The fraction of sp³-hybridized carbons (Fsp3) is 0.200. The summed E-state index contributed by atoms with van der Waals surface area (Å²) in [6, 6.07) is 9.51. The monoisotopic (exact) mass is 454 g/mol. The van der Waals surface area contributed by atoms with Gasteiger partial charge in [0.05, 0.1) is 12.0 Å². The molecule has 0 aliphatic carbocycles. The summed E-state index contributed by atoms with van der Waals surface area (Å²) in [4.78, 5) is 57.1. The Morgan fingerprint density at radius 2 is 1.88 bits per heavy atom. The molecule has 0 aliphatic rings. The van der Waals surface area contributed by atoms with Gasteiger partial charge in [0.15, 0.2) is 22.9 Å². The topological polar surface area (TPSA) is 130 Å². The van der Waals surface area contributed by atoms with Crippen molar-refractivity contribution in [2.45, 2.75) is 6.54 Å². The lowest BCUT2D eigenvalue weighted by Crippen LogP contribution is -2.37. The van der Waals surface area contributed by atoms with E-state index in [1.807, 2.05) is 35.7 Å². The Morgan fingerprint density at radius 1 is 1.12 bits per heavy atom. The number of hydrogen-bond acceptors (Lipinski definition) is 8. The normalized spacial score (nSPS) is 10.9. The van der Waals surface area contributed by atoms with Crippen molar-refractivity contribution in [2.75, 3.05) is 11.9 Å². The maximum Gasteiger partial charge on any atom is 0.332 e. The summed E-state index contributed by atoms with van der Waals surface area (Å²) in [6.07, 6.45) is 1.27. The largest absolute Gasteiger partial charge is 0.454 e. The average Bonchev–Trinajstić information content (AvgIpc) is 3.43. The third-order valence-electron chi connectivity index (χ3n) is 4.70. The first kappa shape index (κ1) is 21.2. The van der Waals surface area contributed by atoms with Crippen LogP contribution in [0.5, 0.6) is 0 Å². The Bertz CT molecular complexity index is 1430. The molecule has 0 fully saturated rings.